The lowest BCUT2D eigenvalue weighted by atomic mass is 10.1. The van der Waals surface area contributed by atoms with Gasteiger partial charge in [0.2, 0.25) is 5.91 Å². The Kier molecular flexibility index (Phi) is 2.07. The van der Waals surface area contributed by atoms with Crippen LogP contribution < -0.4 is 5.32 Å². The highest BCUT2D eigenvalue weighted by Crippen LogP contribution is 2.33. The number of carbonyl (C=O) groups is 2. The second-order valence-electron chi connectivity index (χ2n) is 3.36. The molecule has 0 saturated carbocycles. The van der Waals surface area contributed by atoms with Gasteiger partial charge in [-0.15, -0.1) is 0 Å². The maximum atomic E-state index is 11.5. The third-order valence-corrected chi connectivity index (χ3v) is 2.27. The highest BCUT2D eigenvalue weighted by molar-refractivity contribution is 6.09. The first-order valence-corrected chi connectivity index (χ1v) is 4.47. The molecule has 0 radical (unpaired) electrons. The molecule has 1 amide bonds. The first kappa shape index (κ1) is 9.51. The summed E-state index contributed by atoms with van der Waals surface area (Å²) in [4.78, 5) is 22.7. The second-order valence-corrected chi connectivity index (χ2v) is 3.36. The van der Waals surface area contributed by atoms with E-state index >= 15 is 0 Å². The standard InChI is InChI=1S/C10H9NO4/c12-7-1-2-10(15)11-6-4-9(14)8(13)3-5(6)7/h3-4,13-14H,1-2H2,(H,11,15). The molecule has 0 aliphatic carbocycles. The van der Waals surface area contributed by atoms with E-state index in [-0.39, 0.29) is 47.3 Å². The zero-order valence-corrected chi connectivity index (χ0v) is 7.78. The lowest BCUT2D eigenvalue weighted by Crippen LogP contribution is -2.08. The van der Waals surface area contributed by atoms with Gasteiger partial charge in [0.15, 0.2) is 17.3 Å². The van der Waals surface area contributed by atoms with E-state index in [0.29, 0.717) is 0 Å². The molecule has 0 unspecified atom stereocenters. The van der Waals surface area contributed by atoms with E-state index in [9.17, 15) is 19.8 Å². The van der Waals surface area contributed by atoms with E-state index in [2.05, 4.69) is 5.32 Å². The van der Waals surface area contributed by atoms with Crippen molar-refractivity contribution in [2.24, 2.45) is 0 Å². The minimum absolute atomic E-state index is 0.114. The SMILES string of the molecule is O=C1CCC(=O)c2cc(O)c(O)cc2N1. The van der Waals surface area contributed by atoms with E-state index in [0.717, 1.165) is 0 Å². The molecule has 0 fully saturated rings. The molecule has 0 saturated heterocycles. The Morgan fingerprint density at radius 1 is 1.07 bits per heavy atom. The van der Waals surface area contributed by atoms with Gasteiger partial charge in [0.25, 0.3) is 0 Å². The van der Waals surface area contributed by atoms with Crippen molar-refractivity contribution in [3.8, 4) is 11.5 Å². The molecular formula is C10H9NO4. The summed E-state index contributed by atoms with van der Waals surface area (Å²) in [6, 6.07) is 2.34. The largest absolute Gasteiger partial charge is 0.504 e. The van der Waals surface area contributed by atoms with Crippen LogP contribution in [0.2, 0.25) is 0 Å². The van der Waals surface area contributed by atoms with Gasteiger partial charge in [-0.2, -0.15) is 0 Å². The van der Waals surface area contributed by atoms with Gasteiger partial charge in [-0.25, -0.2) is 0 Å². The van der Waals surface area contributed by atoms with Gasteiger partial charge in [-0.1, -0.05) is 0 Å². The zero-order chi connectivity index (χ0) is 11.0. The number of Topliss-reactive ketones (excluding diaryl/α,β-unsaturated/α-hetero) is 1. The van der Waals surface area contributed by atoms with Crippen LogP contribution in [0.1, 0.15) is 23.2 Å². The number of hydrogen-bond acceptors (Lipinski definition) is 4. The van der Waals surface area contributed by atoms with E-state index in [1.807, 2.05) is 0 Å². The quantitative estimate of drug-likeness (QED) is 0.437. The van der Waals surface area contributed by atoms with Crippen LogP contribution in [-0.4, -0.2) is 21.9 Å². The van der Waals surface area contributed by atoms with Gasteiger partial charge in [0, 0.05) is 24.5 Å². The van der Waals surface area contributed by atoms with Crippen LogP contribution in [0.4, 0.5) is 5.69 Å². The van der Waals surface area contributed by atoms with Crippen molar-refractivity contribution in [3.63, 3.8) is 0 Å². The summed E-state index contributed by atoms with van der Waals surface area (Å²) in [5, 5.41) is 21.0. The molecule has 2 rings (SSSR count). The highest BCUT2D eigenvalue weighted by atomic mass is 16.3. The van der Waals surface area contributed by atoms with Gasteiger partial charge in [0.05, 0.1) is 5.69 Å². The zero-order valence-electron chi connectivity index (χ0n) is 7.78. The average molecular weight is 207 g/mol. The van der Waals surface area contributed by atoms with E-state index in [1.165, 1.54) is 12.1 Å². The van der Waals surface area contributed by atoms with Crippen LogP contribution in [0, 0.1) is 0 Å². The first-order valence-electron chi connectivity index (χ1n) is 4.47. The van der Waals surface area contributed by atoms with Gasteiger partial charge in [-0.3, -0.25) is 9.59 Å². The molecule has 5 heteroatoms. The molecule has 3 N–H and O–H groups in total. The summed E-state index contributed by atoms with van der Waals surface area (Å²) in [6.07, 6.45) is 0.234. The topological polar surface area (TPSA) is 86.6 Å². The number of rotatable bonds is 0. The molecule has 1 aromatic rings. The van der Waals surface area contributed by atoms with Gasteiger partial charge < -0.3 is 15.5 Å². The molecule has 15 heavy (non-hydrogen) atoms. The summed E-state index contributed by atoms with van der Waals surface area (Å²) in [5.74, 6) is -1.21. The average Bonchev–Trinajstić information content (AvgIpc) is 2.30. The number of phenols is 2. The number of nitrogens with one attached hydrogen (secondary N) is 1. The maximum Gasteiger partial charge on any atom is 0.224 e. The van der Waals surface area contributed by atoms with Crippen molar-refractivity contribution in [1.82, 2.24) is 0 Å². The number of hydrogen-bond donors (Lipinski definition) is 3. The van der Waals surface area contributed by atoms with Gasteiger partial charge in [0.1, 0.15) is 0 Å². The predicted molar refractivity (Wildman–Crippen MR) is 52.0 cm³/mol. The Balaban J connectivity index is 2.57. The number of aromatic hydroxyl groups is 2. The molecule has 78 valence electrons. The first-order chi connectivity index (χ1) is 7.08. The Bertz CT molecular complexity index is 453. The Labute approximate surface area is 85.3 Å². The molecule has 1 heterocycles. The lowest BCUT2D eigenvalue weighted by Gasteiger charge is -2.07. The Morgan fingerprint density at radius 2 is 1.73 bits per heavy atom. The van der Waals surface area contributed by atoms with Crippen molar-refractivity contribution >= 4 is 17.4 Å². The summed E-state index contributed by atoms with van der Waals surface area (Å²) >= 11 is 0. The normalized spacial score (nSPS) is 15.5. The van der Waals surface area contributed by atoms with Crippen LogP contribution in [0.3, 0.4) is 0 Å². The van der Waals surface area contributed by atoms with E-state index < -0.39 is 0 Å². The Morgan fingerprint density at radius 3 is 2.47 bits per heavy atom. The van der Waals surface area contributed by atoms with Crippen LogP contribution >= 0.6 is 0 Å². The second kappa shape index (κ2) is 3.27. The number of ketones is 1. The fourth-order valence-electron chi connectivity index (χ4n) is 1.49. The highest BCUT2D eigenvalue weighted by Gasteiger charge is 2.21. The molecule has 1 aliphatic heterocycles. The monoisotopic (exact) mass is 207 g/mol. The third kappa shape index (κ3) is 1.63. The van der Waals surface area contributed by atoms with Gasteiger partial charge >= 0.3 is 0 Å². The molecule has 0 atom stereocenters. The van der Waals surface area contributed by atoms with Crippen molar-refractivity contribution in [2.45, 2.75) is 12.8 Å². The summed E-state index contributed by atoms with van der Waals surface area (Å²) < 4.78 is 0. The van der Waals surface area contributed by atoms with Crippen molar-refractivity contribution in [3.05, 3.63) is 17.7 Å². The van der Waals surface area contributed by atoms with Crippen LogP contribution in [-0.2, 0) is 4.79 Å². The van der Waals surface area contributed by atoms with Crippen LogP contribution in [0.15, 0.2) is 12.1 Å². The van der Waals surface area contributed by atoms with Crippen molar-refractivity contribution in [2.75, 3.05) is 5.32 Å². The Hall–Kier alpha value is -2.04. The van der Waals surface area contributed by atoms with Crippen LogP contribution in [0.5, 0.6) is 11.5 Å². The summed E-state index contributed by atoms with van der Waals surface area (Å²) in [7, 11) is 0. The lowest BCUT2D eigenvalue weighted by molar-refractivity contribution is -0.116. The summed E-state index contributed by atoms with van der Waals surface area (Å²) in [6.45, 7) is 0. The minimum Gasteiger partial charge on any atom is -0.504 e. The predicted octanol–water partition coefficient (Wildman–Crippen LogP) is 1.01. The molecule has 1 aliphatic rings. The minimum atomic E-state index is -0.363. The van der Waals surface area contributed by atoms with Gasteiger partial charge in [-0.05, 0) is 6.07 Å². The smallest absolute Gasteiger partial charge is 0.224 e. The molecule has 1 aromatic carbocycles. The number of carbonyl (C=O) groups excluding carboxylic acids is 2. The number of amides is 1. The van der Waals surface area contributed by atoms with Crippen LogP contribution in [0.25, 0.3) is 0 Å². The molecule has 0 aromatic heterocycles. The number of fused-ring (bicyclic) bond motifs is 1. The van der Waals surface area contributed by atoms with Crippen molar-refractivity contribution < 1.29 is 19.8 Å². The third-order valence-electron chi connectivity index (χ3n) is 2.27. The fraction of sp³-hybridized carbons (Fsp3) is 0.200. The molecular weight excluding hydrogens is 198 g/mol. The van der Waals surface area contributed by atoms with E-state index in [1.54, 1.807) is 0 Å². The number of phenolic OH excluding ortho intramolecular Hbond substituents is 2. The molecule has 0 bridgehead atoms. The number of anilines is 1. The summed E-state index contributed by atoms with van der Waals surface area (Å²) in [5.41, 5.74) is 0.481. The molecule has 5 nitrogen and oxygen atoms in total. The fourth-order valence-corrected chi connectivity index (χ4v) is 1.49. The van der Waals surface area contributed by atoms with E-state index in [4.69, 9.17) is 0 Å². The molecule has 0 spiro atoms. The number of benzene rings is 1. The van der Waals surface area contributed by atoms with Crippen molar-refractivity contribution in [1.29, 1.82) is 0 Å². The maximum absolute atomic E-state index is 11.5.